The molecule has 0 aromatic rings. The number of aliphatic hydroxyl groups is 2. The molecule has 0 bridgehead atoms. The summed E-state index contributed by atoms with van der Waals surface area (Å²) in [7, 11) is 0. The van der Waals surface area contributed by atoms with Crippen LogP contribution in [0.3, 0.4) is 0 Å². The molecule has 3 heteroatoms. The molecule has 5 fully saturated rings. The first-order valence-corrected chi connectivity index (χ1v) is 16.1. The summed E-state index contributed by atoms with van der Waals surface area (Å²) in [6.07, 6.45) is 12.2. The Bertz CT molecular complexity index is 837. The number of thioether (sulfide) groups is 1. The third kappa shape index (κ3) is 3.48. The van der Waals surface area contributed by atoms with Gasteiger partial charge in [0.2, 0.25) is 0 Å². The molecule has 5 aliphatic carbocycles. The molecule has 0 spiro atoms. The van der Waals surface area contributed by atoms with Crippen LogP contribution in [0.25, 0.3) is 0 Å². The first-order valence-electron chi connectivity index (χ1n) is 15.0. The van der Waals surface area contributed by atoms with Gasteiger partial charge in [0.15, 0.2) is 0 Å². The van der Waals surface area contributed by atoms with Crippen molar-refractivity contribution in [2.24, 2.45) is 56.7 Å². The van der Waals surface area contributed by atoms with Crippen LogP contribution in [-0.4, -0.2) is 34.4 Å². The average molecular weight is 503 g/mol. The third-order valence-electron chi connectivity index (χ3n) is 13.9. The number of hydrogen-bond donors (Lipinski definition) is 2. The number of aliphatic hydroxyl groups excluding tert-OH is 2. The average Bonchev–Trinajstić information content (AvgIpc) is 3.21. The second kappa shape index (κ2) is 8.77. The van der Waals surface area contributed by atoms with E-state index in [1.54, 1.807) is 0 Å². The SMILES string of the molecule is C=C(CSCC)[C@@H]1CC[C@]2(CO)CC[C@]3(C)[C@H](CC[C@@H]4[C@@]5(C)CC[C@H](O)C(C)(C)[C@@H]5CC[C@]43C)[C@@H]12. The molecule has 0 aromatic heterocycles. The van der Waals surface area contributed by atoms with Crippen LogP contribution in [0.1, 0.15) is 106 Å². The van der Waals surface area contributed by atoms with E-state index < -0.39 is 0 Å². The van der Waals surface area contributed by atoms with Gasteiger partial charge in [-0.05, 0) is 127 Å². The lowest BCUT2D eigenvalue weighted by Crippen LogP contribution is -2.66. The maximum atomic E-state index is 11.0. The van der Waals surface area contributed by atoms with Gasteiger partial charge in [0, 0.05) is 12.4 Å². The highest BCUT2D eigenvalue weighted by Crippen LogP contribution is 2.77. The van der Waals surface area contributed by atoms with Gasteiger partial charge in [-0.3, -0.25) is 0 Å². The second-order valence-corrected chi connectivity index (χ2v) is 16.3. The van der Waals surface area contributed by atoms with Gasteiger partial charge in [0.1, 0.15) is 0 Å². The predicted molar refractivity (Wildman–Crippen MR) is 149 cm³/mol. The molecule has 0 aromatic carbocycles. The van der Waals surface area contributed by atoms with Crippen LogP contribution in [0.15, 0.2) is 12.2 Å². The molecule has 0 unspecified atom stereocenters. The first kappa shape index (κ1) is 26.6. The van der Waals surface area contributed by atoms with Crippen molar-refractivity contribution in [3.05, 3.63) is 12.2 Å². The van der Waals surface area contributed by atoms with Gasteiger partial charge >= 0.3 is 0 Å². The largest absolute Gasteiger partial charge is 0.396 e. The van der Waals surface area contributed by atoms with E-state index in [0.717, 1.165) is 23.8 Å². The zero-order valence-electron chi connectivity index (χ0n) is 23.7. The molecule has 0 aliphatic heterocycles. The Morgan fingerprint density at radius 1 is 0.857 bits per heavy atom. The summed E-state index contributed by atoms with van der Waals surface area (Å²) in [5, 5.41) is 21.8. The fourth-order valence-electron chi connectivity index (χ4n) is 11.8. The summed E-state index contributed by atoms with van der Waals surface area (Å²) >= 11 is 2.02. The van der Waals surface area contributed by atoms with Crippen LogP contribution in [0.4, 0.5) is 0 Å². The highest BCUT2D eigenvalue weighted by Gasteiger charge is 2.70. The van der Waals surface area contributed by atoms with Gasteiger partial charge < -0.3 is 10.2 Å². The number of fused-ring (bicyclic) bond motifs is 7. The summed E-state index contributed by atoms with van der Waals surface area (Å²) in [5.74, 6) is 5.56. The second-order valence-electron chi connectivity index (χ2n) is 15.0. The molecule has 2 nitrogen and oxygen atoms in total. The summed E-state index contributed by atoms with van der Waals surface area (Å²) in [4.78, 5) is 0. The molecule has 200 valence electrons. The molecule has 0 radical (unpaired) electrons. The van der Waals surface area contributed by atoms with E-state index in [0.29, 0.717) is 46.5 Å². The molecule has 35 heavy (non-hydrogen) atoms. The van der Waals surface area contributed by atoms with Crippen molar-refractivity contribution in [3.63, 3.8) is 0 Å². The first-order chi connectivity index (χ1) is 16.4. The maximum absolute atomic E-state index is 11.0. The Kier molecular flexibility index (Phi) is 6.67. The normalized spacial score (nSPS) is 52.7. The monoisotopic (exact) mass is 502 g/mol. The van der Waals surface area contributed by atoms with Crippen molar-refractivity contribution < 1.29 is 10.2 Å². The Morgan fingerprint density at radius 3 is 2.29 bits per heavy atom. The van der Waals surface area contributed by atoms with Crippen molar-refractivity contribution in [1.29, 1.82) is 0 Å². The fourth-order valence-corrected chi connectivity index (χ4v) is 12.5. The molecule has 10 atom stereocenters. The minimum Gasteiger partial charge on any atom is -0.396 e. The smallest absolute Gasteiger partial charge is 0.0594 e. The van der Waals surface area contributed by atoms with Crippen molar-refractivity contribution >= 4 is 11.8 Å². The fraction of sp³-hybridized carbons (Fsp3) is 0.938. The lowest BCUT2D eigenvalue weighted by atomic mass is 9.32. The summed E-state index contributed by atoms with van der Waals surface area (Å²) in [6.45, 7) is 20.0. The standard InChI is InChI=1S/C32H54O2S/c1-8-35-19-21(2)22-11-16-32(20-33)18-17-30(6)23(27(22)32)9-10-25-29(5)14-13-26(34)28(3,4)24(29)12-15-31(25,30)7/h22-27,33-34H,2,8-20H2,1,3-7H3/t22-,23+,24-,25+,26-,27+,29-,30+,31+,32+/m0/s1. The Hall–Kier alpha value is 0.01000. The van der Waals surface area contributed by atoms with E-state index in [1.165, 1.54) is 63.4 Å². The van der Waals surface area contributed by atoms with Crippen LogP contribution >= 0.6 is 11.8 Å². The van der Waals surface area contributed by atoms with E-state index in [9.17, 15) is 10.2 Å². The van der Waals surface area contributed by atoms with E-state index in [2.05, 4.69) is 48.1 Å². The molecular formula is C32H54O2S. The van der Waals surface area contributed by atoms with E-state index in [-0.39, 0.29) is 16.9 Å². The summed E-state index contributed by atoms with van der Waals surface area (Å²) in [5.41, 5.74) is 2.66. The van der Waals surface area contributed by atoms with Crippen molar-refractivity contribution in [2.45, 2.75) is 112 Å². The number of hydrogen-bond acceptors (Lipinski definition) is 3. The highest BCUT2D eigenvalue weighted by molar-refractivity contribution is 7.99. The molecule has 0 saturated heterocycles. The minimum atomic E-state index is -0.150. The lowest BCUT2D eigenvalue weighted by molar-refractivity contribution is -0.249. The van der Waals surface area contributed by atoms with Gasteiger partial charge in [-0.15, -0.1) is 0 Å². The van der Waals surface area contributed by atoms with E-state index in [1.807, 2.05) is 11.8 Å². The maximum Gasteiger partial charge on any atom is 0.0594 e. The van der Waals surface area contributed by atoms with Gasteiger partial charge in [0.05, 0.1) is 6.10 Å². The van der Waals surface area contributed by atoms with Gasteiger partial charge in [-0.2, -0.15) is 11.8 Å². The highest BCUT2D eigenvalue weighted by atomic mass is 32.2. The van der Waals surface area contributed by atoms with E-state index >= 15 is 0 Å². The van der Waals surface area contributed by atoms with Crippen LogP contribution in [0, 0.1) is 56.7 Å². The molecule has 0 heterocycles. The third-order valence-corrected chi connectivity index (χ3v) is 14.9. The van der Waals surface area contributed by atoms with Crippen molar-refractivity contribution in [2.75, 3.05) is 18.1 Å². The zero-order chi connectivity index (χ0) is 25.4. The van der Waals surface area contributed by atoms with Crippen LogP contribution < -0.4 is 0 Å². The van der Waals surface area contributed by atoms with Crippen LogP contribution in [-0.2, 0) is 0 Å². The lowest BCUT2D eigenvalue weighted by Gasteiger charge is -2.73. The Labute approximate surface area is 220 Å². The topological polar surface area (TPSA) is 40.5 Å². The summed E-state index contributed by atoms with van der Waals surface area (Å²) < 4.78 is 0. The molecule has 2 N–H and O–H groups in total. The van der Waals surface area contributed by atoms with Crippen LogP contribution in [0.2, 0.25) is 0 Å². The predicted octanol–water partition coefficient (Wildman–Crippen LogP) is 7.73. The van der Waals surface area contributed by atoms with Crippen molar-refractivity contribution in [1.82, 2.24) is 0 Å². The minimum absolute atomic E-state index is 0.0237. The molecule has 5 aliphatic rings. The molecule has 5 rings (SSSR count). The summed E-state index contributed by atoms with van der Waals surface area (Å²) in [6, 6.07) is 0. The van der Waals surface area contributed by atoms with Gasteiger partial charge in [-0.1, -0.05) is 53.7 Å². The Balaban J connectivity index is 1.51. The quantitative estimate of drug-likeness (QED) is 0.378. The zero-order valence-corrected chi connectivity index (χ0v) is 24.5. The Morgan fingerprint density at radius 2 is 1.60 bits per heavy atom. The van der Waals surface area contributed by atoms with Crippen LogP contribution in [0.5, 0.6) is 0 Å². The van der Waals surface area contributed by atoms with Gasteiger partial charge in [-0.25, -0.2) is 0 Å². The van der Waals surface area contributed by atoms with E-state index in [4.69, 9.17) is 0 Å². The number of rotatable bonds is 5. The van der Waals surface area contributed by atoms with Crippen molar-refractivity contribution in [3.8, 4) is 0 Å². The molecular weight excluding hydrogens is 448 g/mol. The molecule has 0 amide bonds. The molecule has 5 saturated carbocycles. The van der Waals surface area contributed by atoms with Gasteiger partial charge in [0.25, 0.3) is 0 Å².